The van der Waals surface area contributed by atoms with Crippen molar-refractivity contribution in [2.45, 2.75) is 18.9 Å². The summed E-state index contributed by atoms with van der Waals surface area (Å²) in [5.74, 6) is 0. The van der Waals surface area contributed by atoms with Gasteiger partial charge in [0.2, 0.25) is 0 Å². The molecule has 0 saturated carbocycles. The van der Waals surface area contributed by atoms with Gasteiger partial charge in [-0.2, -0.15) is 0 Å². The molecule has 0 heterocycles. The van der Waals surface area contributed by atoms with Crippen molar-refractivity contribution < 1.29 is 10.2 Å². The van der Waals surface area contributed by atoms with Crippen LogP contribution in [0, 0.1) is 0 Å². The highest BCUT2D eigenvalue weighted by Crippen LogP contribution is 2.18. The Morgan fingerprint density at radius 2 is 1.50 bits per heavy atom. The molecule has 0 spiro atoms. The van der Waals surface area contributed by atoms with Gasteiger partial charge in [0.15, 0.2) is 0 Å². The van der Waals surface area contributed by atoms with Crippen LogP contribution in [0.4, 0.5) is 0 Å². The normalized spacial score (nSPS) is 12.8. The number of hydrogen-bond acceptors (Lipinski definition) is 4. The van der Waals surface area contributed by atoms with Crippen molar-refractivity contribution in [1.29, 1.82) is 0 Å². The van der Waals surface area contributed by atoms with Crippen molar-refractivity contribution in [3.63, 3.8) is 0 Å². The molecule has 4 nitrogen and oxygen atoms in total. The van der Waals surface area contributed by atoms with Gasteiger partial charge in [0.25, 0.3) is 0 Å². The van der Waals surface area contributed by atoms with Crippen molar-refractivity contribution in [1.82, 2.24) is 0 Å². The molecule has 0 aliphatic rings. The molecule has 0 saturated heterocycles. The molecule has 16 heavy (non-hydrogen) atoms. The monoisotopic (exact) mass is 224 g/mol. The van der Waals surface area contributed by atoms with Gasteiger partial charge in [-0.15, -0.1) is 0 Å². The van der Waals surface area contributed by atoms with Crippen LogP contribution < -0.4 is 11.5 Å². The second-order valence-electron chi connectivity index (χ2n) is 3.86. The lowest BCUT2D eigenvalue weighted by molar-refractivity contribution is 0.0955. The number of benzene rings is 1. The molecule has 90 valence electrons. The average Bonchev–Trinajstić information content (AvgIpc) is 2.28. The number of nitrogens with two attached hydrogens (primary N) is 2. The standard InChI is InChI=1S/C12H20N2O2/c13-3-1-9-5-10(2-4-14)7-11(6-9)12(16)8-15/h5-7,12,15-16H,1-4,8,13-14H2. The molecule has 1 unspecified atom stereocenters. The zero-order chi connectivity index (χ0) is 12.0. The van der Waals surface area contributed by atoms with Gasteiger partial charge in [0.1, 0.15) is 6.10 Å². The fraction of sp³-hybridized carbons (Fsp3) is 0.500. The Balaban J connectivity index is 2.97. The summed E-state index contributed by atoms with van der Waals surface area (Å²) in [7, 11) is 0. The van der Waals surface area contributed by atoms with E-state index in [1.165, 1.54) is 0 Å². The van der Waals surface area contributed by atoms with Crippen LogP contribution >= 0.6 is 0 Å². The summed E-state index contributed by atoms with van der Waals surface area (Å²) in [6.45, 7) is 0.871. The van der Waals surface area contributed by atoms with Crippen molar-refractivity contribution >= 4 is 0 Å². The Labute approximate surface area is 95.9 Å². The van der Waals surface area contributed by atoms with E-state index in [-0.39, 0.29) is 6.61 Å². The molecule has 1 aromatic carbocycles. The van der Waals surface area contributed by atoms with Crippen LogP contribution in [-0.4, -0.2) is 29.9 Å². The molecule has 0 aliphatic heterocycles. The minimum absolute atomic E-state index is 0.270. The van der Waals surface area contributed by atoms with E-state index in [0.29, 0.717) is 13.1 Å². The first-order valence-corrected chi connectivity index (χ1v) is 5.53. The molecule has 1 rings (SSSR count). The van der Waals surface area contributed by atoms with E-state index >= 15 is 0 Å². The minimum atomic E-state index is -0.825. The fourth-order valence-electron chi connectivity index (χ4n) is 1.71. The molecule has 4 heteroatoms. The van der Waals surface area contributed by atoms with Gasteiger partial charge in [0.05, 0.1) is 6.61 Å². The topological polar surface area (TPSA) is 92.5 Å². The minimum Gasteiger partial charge on any atom is -0.393 e. The second kappa shape index (κ2) is 6.60. The van der Waals surface area contributed by atoms with Gasteiger partial charge in [0, 0.05) is 0 Å². The third-order valence-electron chi connectivity index (χ3n) is 2.50. The lowest BCUT2D eigenvalue weighted by atomic mass is 9.99. The smallest absolute Gasteiger partial charge is 0.102 e. The van der Waals surface area contributed by atoms with Crippen LogP contribution in [0.25, 0.3) is 0 Å². The van der Waals surface area contributed by atoms with Crippen LogP contribution in [0.15, 0.2) is 18.2 Å². The largest absolute Gasteiger partial charge is 0.393 e. The van der Waals surface area contributed by atoms with Gasteiger partial charge in [-0.1, -0.05) is 18.2 Å². The lowest BCUT2D eigenvalue weighted by Gasteiger charge is -2.12. The first-order chi connectivity index (χ1) is 7.71. The maximum atomic E-state index is 9.60. The Morgan fingerprint density at radius 3 is 1.88 bits per heavy atom. The highest BCUT2D eigenvalue weighted by Gasteiger charge is 2.08. The first-order valence-electron chi connectivity index (χ1n) is 5.53. The highest BCUT2D eigenvalue weighted by molar-refractivity contribution is 5.32. The Kier molecular flexibility index (Phi) is 5.42. The van der Waals surface area contributed by atoms with E-state index in [1.54, 1.807) is 0 Å². The summed E-state index contributed by atoms with van der Waals surface area (Å²) >= 11 is 0. The SMILES string of the molecule is NCCc1cc(CCN)cc(C(O)CO)c1. The zero-order valence-electron chi connectivity index (χ0n) is 9.39. The van der Waals surface area contributed by atoms with Crippen molar-refractivity contribution in [2.75, 3.05) is 19.7 Å². The number of rotatable bonds is 6. The number of aliphatic hydroxyl groups excluding tert-OH is 2. The third-order valence-corrected chi connectivity index (χ3v) is 2.50. The molecule has 0 aromatic heterocycles. The van der Waals surface area contributed by atoms with Gasteiger partial charge in [-0.25, -0.2) is 0 Å². The van der Waals surface area contributed by atoms with E-state index in [2.05, 4.69) is 0 Å². The van der Waals surface area contributed by atoms with E-state index < -0.39 is 6.10 Å². The van der Waals surface area contributed by atoms with E-state index in [1.807, 2.05) is 18.2 Å². The van der Waals surface area contributed by atoms with E-state index in [0.717, 1.165) is 29.5 Å². The van der Waals surface area contributed by atoms with Crippen molar-refractivity contribution in [3.8, 4) is 0 Å². The van der Waals surface area contributed by atoms with Gasteiger partial charge in [-0.05, 0) is 42.6 Å². The molecule has 0 aliphatic carbocycles. The third kappa shape index (κ3) is 3.57. The summed E-state index contributed by atoms with van der Waals surface area (Å²) < 4.78 is 0. The quantitative estimate of drug-likeness (QED) is 0.534. The van der Waals surface area contributed by atoms with Crippen molar-refractivity contribution in [2.24, 2.45) is 11.5 Å². The van der Waals surface area contributed by atoms with Crippen LogP contribution in [0.5, 0.6) is 0 Å². The summed E-state index contributed by atoms with van der Waals surface area (Å²) in [4.78, 5) is 0. The molecule has 0 amide bonds. The summed E-state index contributed by atoms with van der Waals surface area (Å²) in [6, 6.07) is 5.81. The maximum Gasteiger partial charge on any atom is 0.102 e. The molecular formula is C12H20N2O2. The maximum absolute atomic E-state index is 9.60. The molecule has 1 atom stereocenters. The first kappa shape index (κ1) is 13.1. The van der Waals surface area contributed by atoms with Gasteiger partial charge in [-0.3, -0.25) is 0 Å². The number of hydrogen-bond donors (Lipinski definition) is 4. The van der Waals surface area contributed by atoms with Crippen LogP contribution in [0.3, 0.4) is 0 Å². The molecule has 0 radical (unpaired) electrons. The summed E-state index contributed by atoms with van der Waals surface area (Å²) in [6.07, 6.45) is 0.710. The molecule has 0 bridgehead atoms. The average molecular weight is 224 g/mol. The van der Waals surface area contributed by atoms with Crippen molar-refractivity contribution in [3.05, 3.63) is 34.9 Å². The lowest BCUT2D eigenvalue weighted by Crippen LogP contribution is -2.09. The second-order valence-corrected chi connectivity index (χ2v) is 3.86. The van der Waals surface area contributed by atoms with E-state index in [4.69, 9.17) is 16.6 Å². The van der Waals surface area contributed by atoms with E-state index in [9.17, 15) is 5.11 Å². The van der Waals surface area contributed by atoms with Gasteiger partial charge >= 0.3 is 0 Å². The summed E-state index contributed by atoms with van der Waals surface area (Å²) in [5, 5.41) is 18.5. The Hall–Kier alpha value is -0.940. The number of aliphatic hydroxyl groups is 2. The van der Waals surface area contributed by atoms with Crippen LogP contribution in [-0.2, 0) is 12.8 Å². The predicted octanol–water partition coefficient (Wildman–Crippen LogP) is -0.285. The van der Waals surface area contributed by atoms with Gasteiger partial charge < -0.3 is 21.7 Å². The Morgan fingerprint density at radius 1 is 1.00 bits per heavy atom. The molecular weight excluding hydrogens is 204 g/mol. The van der Waals surface area contributed by atoms with Crippen LogP contribution in [0.1, 0.15) is 22.8 Å². The summed E-state index contributed by atoms with van der Waals surface area (Å²) in [5.41, 5.74) is 13.9. The predicted molar refractivity (Wildman–Crippen MR) is 64.0 cm³/mol. The van der Waals surface area contributed by atoms with Crippen LogP contribution in [0.2, 0.25) is 0 Å². The zero-order valence-corrected chi connectivity index (χ0v) is 9.39. The fourth-order valence-corrected chi connectivity index (χ4v) is 1.71. The Bertz CT molecular complexity index is 305. The molecule has 1 aromatic rings. The molecule has 6 N–H and O–H groups in total. The highest BCUT2D eigenvalue weighted by atomic mass is 16.3. The molecule has 0 fully saturated rings.